The van der Waals surface area contributed by atoms with Crippen LogP contribution in [-0.4, -0.2) is 17.1 Å². The molecule has 0 bridgehead atoms. The zero-order chi connectivity index (χ0) is 17.4. The molecular formula is C22H33OP. The van der Waals surface area contributed by atoms with Crippen molar-refractivity contribution in [2.75, 3.05) is 0 Å². The van der Waals surface area contributed by atoms with Crippen LogP contribution in [0.4, 0.5) is 0 Å². The highest BCUT2D eigenvalue weighted by molar-refractivity contribution is 7.67. The van der Waals surface area contributed by atoms with E-state index in [9.17, 15) is 4.79 Å². The normalized spacial score (nSPS) is 19.6. The quantitative estimate of drug-likeness (QED) is 0.348. The summed E-state index contributed by atoms with van der Waals surface area (Å²) in [5.74, 6) is 0.259. The molecule has 1 nitrogen and oxygen atoms in total. The van der Waals surface area contributed by atoms with E-state index in [1.54, 1.807) is 6.92 Å². The summed E-state index contributed by atoms with van der Waals surface area (Å²) >= 11 is 0. The molecule has 2 aliphatic carbocycles. The smallest absolute Gasteiger partial charge is 0.160 e. The Morgan fingerprint density at radius 3 is 1.79 bits per heavy atom. The van der Waals surface area contributed by atoms with Crippen LogP contribution in [0.15, 0.2) is 37.4 Å². The Morgan fingerprint density at radius 2 is 1.33 bits per heavy atom. The third-order valence-corrected chi connectivity index (χ3v) is 9.05. The van der Waals surface area contributed by atoms with E-state index < -0.39 is 0 Å². The molecular weight excluding hydrogens is 311 g/mol. The van der Waals surface area contributed by atoms with E-state index in [0.717, 1.165) is 16.9 Å². The predicted molar refractivity (Wildman–Crippen MR) is 108 cm³/mol. The molecule has 0 N–H and O–H groups in total. The number of rotatable bonds is 4. The van der Waals surface area contributed by atoms with E-state index in [1.165, 1.54) is 69.5 Å². The van der Waals surface area contributed by atoms with Crippen molar-refractivity contribution >= 4 is 19.0 Å². The highest BCUT2D eigenvalue weighted by Gasteiger charge is 2.33. The van der Waals surface area contributed by atoms with Crippen molar-refractivity contribution in [3.8, 4) is 0 Å². The molecule has 3 rings (SSSR count). The van der Waals surface area contributed by atoms with Crippen molar-refractivity contribution in [2.24, 2.45) is 0 Å². The molecule has 2 aliphatic rings. The molecule has 0 saturated heterocycles. The summed E-state index contributed by atoms with van der Waals surface area (Å²) in [6, 6.07) is 8.54. The summed E-state index contributed by atoms with van der Waals surface area (Å²) in [5.41, 5.74) is 2.75. The first-order valence-corrected chi connectivity index (χ1v) is 11.1. The van der Waals surface area contributed by atoms with Crippen molar-refractivity contribution in [3.63, 3.8) is 0 Å². The second kappa shape index (κ2) is 10.1. The molecule has 0 heterocycles. The lowest BCUT2D eigenvalue weighted by molar-refractivity contribution is 0.101. The van der Waals surface area contributed by atoms with Gasteiger partial charge in [0.1, 0.15) is 0 Å². The van der Waals surface area contributed by atoms with Crippen molar-refractivity contribution in [1.29, 1.82) is 0 Å². The van der Waals surface area contributed by atoms with Crippen LogP contribution >= 0.6 is 7.92 Å². The fourth-order valence-electron chi connectivity index (χ4n) is 4.41. The van der Waals surface area contributed by atoms with Crippen LogP contribution in [0.2, 0.25) is 0 Å². The van der Waals surface area contributed by atoms with E-state index in [0.29, 0.717) is 0 Å². The Labute approximate surface area is 149 Å². The van der Waals surface area contributed by atoms with Gasteiger partial charge in [0.2, 0.25) is 0 Å². The first kappa shape index (κ1) is 19.4. The van der Waals surface area contributed by atoms with Crippen LogP contribution in [0, 0.1) is 0 Å². The highest BCUT2D eigenvalue weighted by atomic mass is 31.1. The van der Waals surface area contributed by atoms with Gasteiger partial charge in [-0.15, -0.1) is 13.2 Å². The third kappa shape index (κ3) is 4.79. The molecule has 0 spiro atoms. The molecule has 1 aromatic carbocycles. The minimum Gasteiger partial charge on any atom is -0.294 e. The number of hydrogen-bond acceptors (Lipinski definition) is 1. The van der Waals surface area contributed by atoms with Crippen LogP contribution < -0.4 is 5.30 Å². The van der Waals surface area contributed by atoms with E-state index in [4.69, 9.17) is 0 Å². The molecule has 0 aromatic heterocycles. The number of Topliss-reactive ketones (excluding diaryl/α,β-unsaturated/α-hetero) is 1. The lowest BCUT2D eigenvalue weighted by Crippen LogP contribution is -2.28. The van der Waals surface area contributed by atoms with E-state index >= 15 is 0 Å². The molecule has 2 heteroatoms. The van der Waals surface area contributed by atoms with Crippen LogP contribution in [0.5, 0.6) is 0 Å². The monoisotopic (exact) mass is 344 g/mol. The third-order valence-electron chi connectivity index (χ3n) is 5.50. The van der Waals surface area contributed by atoms with Gasteiger partial charge in [-0.1, -0.05) is 70.7 Å². The summed E-state index contributed by atoms with van der Waals surface area (Å²) < 4.78 is 0. The highest BCUT2D eigenvalue weighted by Crippen LogP contribution is 2.55. The zero-order valence-electron chi connectivity index (χ0n) is 15.3. The van der Waals surface area contributed by atoms with Crippen LogP contribution in [0.25, 0.3) is 0 Å². The van der Waals surface area contributed by atoms with Gasteiger partial charge in [0.15, 0.2) is 5.78 Å². The molecule has 1 aromatic rings. The second-order valence-electron chi connectivity index (χ2n) is 7.06. The summed E-state index contributed by atoms with van der Waals surface area (Å²) in [6.07, 6.45) is 14.0. The van der Waals surface area contributed by atoms with E-state index in [-0.39, 0.29) is 13.7 Å². The van der Waals surface area contributed by atoms with Gasteiger partial charge >= 0.3 is 0 Å². The summed E-state index contributed by atoms with van der Waals surface area (Å²) in [6.45, 7) is 7.74. The van der Waals surface area contributed by atoms with Gasteiger partial charge in [0.05, 0.1) is 0 Å². The van der Waals surface area contributed by atoms with Gasteiger partial charge in [-0.2, -0.15) is 0 Å². The summed E-state index contributed by atoms with van der Waals surface area (Å²) in [5, 5.41) is 1.43. The molecule has 2 saturated carbocycles. The van der Waals surface area contributed by atoms with E-state index in [1.807, 2.05) is 6.07 Å². The number of carbonyl (C=O) groups excluding carboxylic acids is 1. The van der Waals surface area contributed by atoms with Gasteiger partial charge < -0.3 is 0 Å². The number of benzene rings is 1. The first-order valence-electron chi connectivity index (χ1n) is 9.65. The molecule has 24 heavy (non-hydrogen) atoms. The Bertz CT molecular complexity index is 494. The lowest BCUT2D eigenvalue weighted by atomic mass is 9.99. The van der Waals surface area contributed by atoms with Crippen LogP contribution in [-0.2, 0) is 0 Å². The fourth-order valence-corrected chi connectivity index (χ4v) is 8.40. The predicted octanol–water partition coefficient (Wildman–Crippen LogP) is 6.46. The topological polar surface area (TPSA) is 17.1 Å². The van der Waals surface area contributed by atoms with Crippen LogP contribution in [0.1, 0.15) is 81.5 Å². The molecule has 132 valence electrons. The van der Waals surface area contributed by atoms with Gasteiger partial charge in [-0.05, 0) is 49.2 Å². The largest absolute Gasteiger partial charge is 0.294 e. The Kier molecular flexibility index (Phi) is 8.19. The molecule has 0 unspecified atom stereocenters. The van der Waals surface area contributed by atoms with E-state index in [2.05, 4.69) is 31.4 Å². The molecule has 2 fully saturated rings. The average Bonchev–Trinajstić information content (AvgIpc) is 2.66. The van der Waals surface area contributed by atoms with Crippen molar-refractivity contribution in [2.45, 2.75) is 82.4 Å². The lowest BCUT2D eigenvalue weighted by Gasteiger charge is -2.39. The van der Waals surface area contributed by atoms with Gasteiger partial charge in [-0.25, -0.2) is 0 Å². The van der Waals surface area contributed by atoms with Crippen molar-refractivity contribution in [1.82, 2.24) is 0 Å². The van der Waals surface area contributed by atoms with Gasteiger partial charge in [0.25, 0.3) is 0 Å². The average molecular weight is 344 g/mol. The van der Waals surface area contributed by atoms with Crippen molar-refractivity contribution in [3.05, 3.63) is 43.0 Å². The maximum absolute atomic E-state index is 12.1. The zero-order valence-corrected chi connectivity index (χ0v) is 16.2. The summed E-state index contributed by atoms with van der Waals surface area (Å²) in [4.78, 5) is 12.1. The second-order valence-corrected chi connectivity index (χ2v) is 9.82. The molecule has 0 radical (unpaired) electrons. The molecule has 0 aliphatic heterocycles. The minimum atomic E-state index is -0.166. The Balaban J connectivity index is 0.00000100. The number of carbonyl (C=O) groups is 1. The Morgan fingerprint density at radius 1 is 0.875 bits per heavy atom. The Hall–Kier alpha value is -0.940. The number of hydrogen-bond donors (Lipinski definition) is 0. The SMILES string of the molecule is C=C.CC(=O)c1ccccc1P(C1CCCCC1)C1CCCCC1. The molecule has 0 atom stereocenters. The summed E-state index contributed by atoms with van der Waals surface area (Å²) in [7, 11) is -0.166. The maximum atomic E-state index is 12.1. The van der Waals surface area contributed by atoms with Gasteiger partial charge in [0, 0.05) is 5.56 Å². The van der Waals surface area contributed by atoms with Gasteiger partial charge in [-0.3, -0.25) is 4.79 Å². The first-order chi connectivity index (χ1) is 11.8. The number of ketones is 1. The standard InChI is InChI=1S/C20H29OP.C2H4/c1-16(21)19-14-8-9-15-20(19)22(17-10-4-2-5-11-17)18-12-6-3-7-13-18;1-2/h8-9,14-15,17-18H,2-7,10-13H2,1H3;1-2H2. The van der Waals surface area contributed by atoms with Crippen molar-refractivity contribution < 1.29 is 4.79 Å². The maximum Gasteiger partial charge on any atom is 0.160 e. The fraction of sp³-hybridized carbons (Fsp3) is 0.591. The minimum absolute atomic E-state index is 0.166. The molecule has 0 amide bonds. The van der Waals surface area contributed by atoms with Crippen LogP contribution in [0.3, 0.4) is 0 Å².